The van der Waals surface area contributed by atoms with Crippen molar-refractivity contribution in [2.24, 2.45) is 5.92 Å². The molecule has 1 saturated heterocycles. The third kappa shape index (κ3) is 4.36. The van der Waals surface area contributed by atoms with E-state index in [1.54, 1.807) is 0 Å². The minimum atomic E-state index is -0.0339. The first-order chi connectivity index (χ1) is 16.8. The highest BCUT2D eigenvalue weighted by Gasteiger charge is 2.28. The van der Waals surface area contributed by atoms with Crippen molar-refractivity contribution >= 4 is 39.9 Å². The molecule has 7 nitrogen and oxygen atoms in total. The number of fused-ring (bicyclic) bond motifs is 1. The van der Waals surface area contributed by atoms with E-state index in [1.807, 2.05) is 61.9 Å². The lowest BCUT2D eigenvalue weighted by Crippen LogP contribution is -2.39. The normalized spacial score (nSPS) is 14.5. The second-order valence-electron chi connectivity index (χ2n) is 9.30. The Morgan fingerprint density at radius 3 is 2.43 bits per heavy atom. The number of piperidine rings is 1. The van der Waals surface area contributed by atoms with E-state index in [0.717, 1.165) is 71.0 Å². The van der Waals surface area contributed by atoms with Gasteiger partial charge in [-0.1, -0.05) is 23.7 Å². The summed E-state index contributed by atoms with van der Waals surface area (Å²) in [6, 6.07) is 13.6. The molecule has 35 heavy (non-hydrogen) atoms. The van der Waals surface area contributed by atoms with Crippen molar-refractivity contribution in [1.29, 1.82) is 0 Å². The Hall–Kier alpha value is -3.45. The lowest BCUT2D eigenvalue weighted by atomic mass is 9.95. The van der Waals surface area contributed by atoms with Crippen LogP contribution in [0.5, 0.6) is 0 Å². The van der Waals surface area contributed by atoms with Crippen LogP contribution in [-0.4, -0.2) is 39.0 Å². The number of carbonyl (C=O) groups excluding carboxylic acids is 1. The van der Waals surface area contributed by atoms with Gasteiger partial charge in [0.1, 0.15) is 5.52 Å². The van der Waals surface area contributed by atoms with Crippen LogP contribution in [0.25, 0.3) is 16.6 Å². The zero-order chi connectivity index (χ0) is 24.7. The molecule has 8 heteroatoms. The number of amides is 1. The van der Waals surface area contributed by atoms with E-state index in [2.05, 4.69) is 33.4 Å². The first-order valence-electron chi connectivity index (χ1n) is 11.9. The second kappa shape index (κ2) is 9.30. The minimum Gasteiger partial charge on any atom is -0.353 e. The molecule has 4 aromatic rings. The molecule has 1 N–H and O–H groups in total. The van der Waals surface area contributed by atoms with Crippen molar-refractivity contribution in [2.75, 3.05) is 23.3 Å². The molecule has 1 aliphatic rings. The number of anilines is 2. The van der Waals surface area contributed by atoms with Crippen molar-refractivity contribution < 1.29 is 4.79 Å². The Morgan fingerprint density at radius 2 is 1.71 bits per heavy atom. The van der Waals surface area contributed by atoms with Gasteiger partial charge in [-0.2, -0.15) is 10.2 Å². The topological polar surface area (TPSA) is 75.9 Å². The van der Waals surface area contributed by atoms with Crippen LogP contribution in [0.3, 0.4) is 0 Å². The van der Waals surface area contributed by atoms with Crippen LogP contribution in [0, 0.1) is 33.6 Å². The average molecular weight is 489 g/mol. The van der Waals surface area contributed by atoms with Crippen LogP contribution < -0.4 is 10.2 Å². The fraction of sp³-hybridized carbons (Fsp3) is 0.333. The summed E-state index contributed by atoms with van der Waals surface area (Å²) >= 11 is 6.08. The number of benzene rings is 2. The number of hydrogen-bond acceptors (Lipinski definition) is 5. The Kier molecular flexibility index (Phi) is 6.19. The van der Waals surface area contributed by atoms with E-state index in [0.29, 0.717) is 5.02 Å². The summed E-state index contributed by atoms with van der Waals surface area (Å²) in [5.41, 5.74) is 6.82. The predicted octanol–water partition coefficient (Wildman–Crippen LogP) is 5.56. The predicted molar refractivity (Wildman–Crippen MR) is 141 cm³/mol. The molecule has 1 fully saturated rings. The van der Waals surface area contributed by atoms with Gasteiger partial charge in [-0.25, -0.2) is 4.68 Å². The lowest BCUT2D eigenvalue weighted by Gasteiger charge is -2.32. The van der Waals surface area contributed by atoms with E-state index in [1.165, 1.54) is 5.56 Å². The summed E-state index contributed by atoms with van der Waals surface area (Å²) in [5.74, 6) is 0.824. The number of rotatable bonds is 4. The zero-order valence-corrected chi connectivity index (χ0v) is 21.2. The SMILES string of the molecule is Cc1cccc(NC(=O)C2CCN(c3nnc(C)c4c(C)n(-c5ccc(Cl)cc5)nc34)CC2)c1C. The van der Waals surface area contributed by atoms with Crippen molar-refractivity contribution in [1.82, 2.24) is 20.0 Å². The van der Waals surface area contributed by atoms with Gasteiger partial charge in [-0.05, 0) is 82.0 Å². The first kappa shape index (κ1) is 23.3. The fourth-order valence-electron chi connectivity index (χ4n) is 4.83. The first-order valence-corrected chi connectivity index (χ1v) is 12.3. The molecule has 1 amide bonds. The third-order valence-electron chi connectivity index (χ3n) is 7.08. The number of aromatic nitrogens is 4. The molecule has 0 bridgehead atoms. The van der Waals surface area contributed by atoms with Crippen molar-refractivity contribution in [3.05, 3.63) is 70.0 Å². The number of carbonyl (C=O) groups is 1. The molecule has 0 saturated carbocycles. The maximum absolute atomic E-state index is 13.0. The van der Waals surface area contributed by atoms with Gasteiger partial charge in [0, 0.05) is 29.7 Å². The maximum Gasteiger partial charge on any atom is 0.227 e. The number of aryl methyl sites for hydroxylation is 3. The molecular weight excluding hydrogens is 460 g/mol. The van der Waals surface area contributed by atoms with Crippen LogP contribution in [0.4, 0.5) is 11.5 Å². The quantitative estimate of drug-likeness (QED) is 0.407. The highest BCUT2D eigenvalue weighted by molar-refractivity contribution is 6.30. The van der Waals surface area contributed by atoms with Gasteiger partial charge >= 0.3 is 0 Å². The zero-order valence-electron chi connectivity index (χ0n) is 20.5. The van der Waals surface area contributed by atoms with E-state index in [4.69, 9.17) is 16.7 Å². The van der Waals surface area contributed by atoms with Gasteiger partial charge in [0.2, 0.25) is 5.91 Å². The van der Waals surface area contributed by atoms with E-state index in [9.17, 15) is 4.79 Å². The third-order valence-corrected chi connectivity index (χ3v) is 7.34. The van der Waals surface area contributed by atoms with Crippen LogP contribution in [0.2, 0.25) is 5.02 Å². The van der Waals surface area contributed by atoms with Crippen molar-refractivity contribution in [3.8, 4) is 5.69 Å². The van der Waals surface area contributed by atoms with E-state index < -0.39 is 0 Å². The monoisotopic (exact) mass is 488 g/mol. The van der Waals surface area contributed by atoms with Gasteiger partial charge < -0.3 is 10.2 Å². The van der Waals surface area contributed by atoms with Gasteiger partial charge in [-0.15, -0.1) is 5.10 Å². The van der Waals surface area contributed by atoms with Crippen LogP contribution >= 0.6 is 11.6 Å². The van der Waals surface area contributed by atoms with Crippen LogP contribution in [0.15, 0.2) is 42.5 Å². The molecule has 2 aromatic carbocycles. The summed E-state index contributed by atoms with van der Waals surface area (Å²) in [6.07, 6.45) is 1.51. The molecule has 0 spiro atoms. The molecule has 1 aliphatic heterocycles. The number of halogens is 1. The van der Waals surface area contributed by atoms with Crippen LogP contribution in [-0.2, 0) is 4.79 Å². The Morgan fingerprint density at radius 1 is 1.00 bits per heavy atom. The largest absolute Gasteiger partial charge is 0.353 e. The lowest BCUT2D eigenvalue weighted by molar-refractivity contribution is -0.120. The van der Waals surface area contributed by atoms with Crippen molar-refractivity contribution in [3.63, 3.8) is 0 Å². The van der Waals surface area contributed by atoms with Gasteiger partial charge in [0.05, 0.1) is 22.5 Å². The van der Waals surface area contributed by atoms with Gasteiger partial charge in [0.25, 0.3) is 0 Å². The highest BCUT2D eigenvalue weighted by Crippen LogP contribution is 2.32. The highest BCUT2D eigenvalue weighted by atomic mass is 35.5. The fourth-order valence-corrected chi connectivity index (χ4v) is 4.96. The summed E-state index contributed by atoms with van der Waals surface area (Å²) in [7, 11) is 0. The molecule has 5 rings (SSSR count). The molecule has 2 aromatic heterocycles. The molecule has 3 heterocycles. The smallest absolute Gasteiger partial charge is 0.227 e. The Bertz CT molecular complexity index is 1400. The minimum absolute atomic E-state index is 0.0339. The van der Waals surface area contributed by atoms with Crippen LogP contribution in [0.1, 0.15) is 35.4 Å². The van der Waals surface area contributed by atoms with E-state index >= 15 is 0 Å². The van der Waals surface area contributed by atoms with Gasteiger partial charge in [0.15, 0.2) is 5.82 Å². The Labute approximate surface area is 210 Å². The summed E-state index contributed by atoms with van der Waals surface area (Å²) in [4.78, 5) is 15.2. The number of nitrogens with one attached hydrogen (secondary N) is 1. The second-order valence-corrected chi connectivity index (χ2v) is 9.74. The molecule has 0 radical (unpaired) electrons. The average Bonchev–Trinajstić information content (AvgIpc) is 3.21. The molecule has 0 aliphatic carbocycles. The maximum atomic E-state index is 13.0. The number of nitrogens with zero attached hydrogens (tertiary/aromatic N) is 5. The summed E-state index contributed by atoms with van der Waals surface area (Å²) < 4.78 is 1.92. The molecular formula is C27H29ClN6O. The molecule has 0 unspecified atom stereocenters. The molecule has 0 atom stereocenters. The summed E-state index contributed by atoms with van der Waals surface area (Å²) in [5, 5.41) is 18.7. The van der Waals surface area contributed by atoms with Gasteiger partial charge in [-0.3, -0.25) is 4.79 Å². The Balaban J connectivity index is 1.37. The van der Waals surface area contributed by atoms with Crippen molar-refractivity contribution in [2.45, 2.75) is 40.5 Å². The molecule has 180 valence electrons. The van der Waals surface area contributed by atoms with E-state index in [-0.39, 0.29) is 11.8 Å². The summed E-state index contributed by atoms with van der Waals surface area (Å²) in [6.45, 7) is 9.56. The standard InChI is InChI=1S/C27H29ClN6O/c1-16-6-5-7-23(17(16)2)29-27(35)20-12-14-33(15-13-20)26-25-24(18(3)30-31-26)19(4)34(32-25)22-10-8-21(28)9-11-22/h5-11,20H,12-15H2,1-4H3,(H,29,35). The number of hydrogen-bond donors (Lipinski definition) is 1.